The van der Waals surface area contributed by atoms with Gasteiger partial charge in [0.1, 0.15) is 0 Å². The summed E-state index contributed by atoms with van der Waals surface area (Å²) >= 11 is 0. The monoisotopic (exact) mass is 373 g/mol. The zero-order valence-corrected chi connectivity index (χ0v) is 16.6. The van der Waals surface area contributed by atoms with Crippen molar-refractivity contribution >= 4 is 16.8 Å². The quantitative estimate of drug-likeness (QED) is 0.744. The maximum absolute atomic E-state index is 13.0. The van der Waals surface area contributed by atoms with Crippen LogP contribution in [-0.4, -0.2) is 34.9 Å². The van der Waals surface area contributed by atoms with Crippen molar-refractivity contribution < 1.29 is 4.79 Å². The van der Waals surface area contributed by atoms with Crippen LogP contribution in [0.1, 0.15) is 40.0 Å². The summed E-state index contributed by atoms with van der Waals surface area (Å²) in [4.78, 5) is 20.1. The molecule has 0 atom stereocenters. The van der Waals surface area contributed by atoms with E-state index in [1.54, 1.807) is 0 Å². The van der Waals surface area contributed by atoms with Gasteiger partial charge in [-0.15, -0.1) is 0 Å². The Labute approximate surface area is 166 Å². The van der Waals surface area contributed by atoms with Gasteiger partial charge in [-0.05, 0) is 43.9 Å². The van der Waals surface area contributed by atoms with Gasteiger partial charge in [0.05, 0.1) is 11.1 Å². The van der Waals surface area contributed by atoms with Crippen molar-refractivity contribution in [1.29, 1.82) is 0 Å². The molecule has 0 saturated carbocycles. The number of likely N-dealkylation sites (tertiary alicyclic amines) is 1. The predicted molar refractivity (Wildman–Crippen MR) is 113 cm³/mol. The first-order valence-electron chi connectivity index (χ1n) is 10.0. The second-order valence-electron chi connectivity index (χ2n) is 7.79. The Hall–Kier alpha value is -2.72. The van der Waals surface area contributed by atoms with Gasteiger partial charge in [0.25, 0.3) is 5.91 Å². The molecule has 1 aromatic heterocycles. The van der Waals surface area contributed by atoms with Crippen LogP contribution in [-0.2, 0) is 6.54 Å². The van der Waals surface area contributed by atoms with Crippen molar-refractivity contribution in [2.45, 2.75) is 39.3 Å². The molecule has 4 heteroatoms. The minimum absolute atomic E-state index is 0.0163. The molecule has 0 radical (unpaired) electrons. The van der Waals surface area contributed by atoms with Gasteiger partial charge in [0.2, 0.25) is 0 Å². The fourth-order valence-corrected chi connectivity index (χ4v) is 4.05. The van der Waals surface area contributed by atoms with Crippen LogP contribution in [0.25, 0.3) is 10.9 Å². The van der Waals surface area contributed by atoms with Crippen molar-refractivity contribution in [3.63, 3.8) is 0 Å². The van der Waals surface area contributed by atoms with Gasteiger partial charge in [-0.2, -0.15) is 0 Å². The molecule has 1 amide bonds. The number of nitrogens with zero attached hydrogens (tertiary/aromatic N) is 2. The first-order chi connectivity index (χ1) is 13.6. The number of aromatic nitrogens is 1. The standard InChI is InChI=1S/C24H27N3O/c1-17-7-6-10-21-22(15-18(2)25-23(17)21)24(28)26-20-11-13-27(14-12-20)16-19-8-4-3-5-9-19/h3-10,15,20H,11-14,16H2,1-2H3,(H,26,28). The highest BCUT2D eigenvalue weighted by atomic mass is 16.1. The maximum Gasteiger partial charge on any atom is 0.252 e. The number of fused-ring (bicyclic) bond motifs is 1. The predicted octanol–water partition coefficient (Wildman–Crippen LogP) is 4.25. The number of amides is 1. The number of hydrogen-bond acceptors (Lipinski definition) is 3. The van der Waals surface area contributed by atoms with Crippen LogP contribution in [0.4, 0.5) is 0 Å². The number of aryl methyl sites for hydroxylation is 2. The van der Waals surface area contributed by atoms with Crippen LogP contribution in [0.3, 0.4) is 0 Å². The Bertz CT molecular complexity index is 976. The van der Waals surface area contributed by atoms with E-state index in [-0.39, 0.29) is 11.9 Å². The van der Waals surface area contributed by atoms with Crippen molar-refractivity contribution in [3.05, 3.63) is 77.0 Å². The summed E-state index contributed by atoms with van der Waals surface area (Å²) in [5, 5.41) is 4.20. The maximum atomic E-state index is 13.0. The molecule has 0 spiro atoms. The lowest BCUT2D eigenvalue weighted by atomic mass is 10.0. The third-order valence-corrected chi connectivity index (χ3v) is 5.59. The van der Waals surface area contributed by atoms with Gasteiger partial charge in [0.15, 0.2) is 0 Å². The zero-order chi connectivity index (χ0) is 19.5. The molecule has 1 aliphatic heterocycles. The normalized spacial score (nSPS) is 15.6. The van der Waals surface area contributed by atoms with Crippen molar-refractivity contribution in [2.75, 3.05) is 13.1 Å². The second kappa shape index (κ2) is 8.11. The smallest absolute Gasteiger partial charge is 0.252 e. The highest BCUT2D eigenvalue weighted by molar-refractivity contribution is 6.06. The molecule has 28 heavy (non-hydrogen) atoms. The molecule has 4 rings (SSSR count). The number of para-hydroxylation sites is 1. The minimum Gasteiger partial charge on any atom is -0.349 e. The highest BCUT2D eigenvalue weighted by Crippen LogP contribution is 2.22. The summed E-state index contributed by atoms with van der Waals surface area (Å²) in [6.07, 6.45) is 1.97. The van der Waals surface area contributed by atoms with E-state index in [0.717, 1.165) is 60.2 Å². The van der Waals surface area contributed by atoms with Gasteiger partial charge in [-0.25, -0.2) is 0 Å². The van der Waals surface area contributed by atoms with E-state index in [1.807, 2.05) is 38.1 Å². The Balaban J connectivity index is 1.41. The van der Waals surface area contributed by atoms with Gasteiger partial charge in [0, 0.05) is 36.8 Å². The molecule has 0 unspecified atom stereocenters. The number of pyridine rings is 1. The van der Waals surface area contributed by atoms with Crippen LogP contribution >= 0.6 is 0 Å². The average Bonchev–Trinajstić information content (AvgIpc) is 2.70. The van der Waals surface area contributed by atoms with E-state index in [9.17, 15) is 4.79 Å². The van der Waals surface area contributed by atoms with Crippen LogP contribution in [0, 0.1) is 13.8 Å². The topological polar surface area (TPSA) is 45.2 Å². The summed E-state index contributed by atoms with van der Waals surface area (Å²) in [7, 11) is 0. The zero-order valence-electron chi connectivity index (χ0n) is 16.6. The van der Waals surface area contributed by atoms with E-state index in [0.29, 0.717) is 0 Å². The largest absolute Gasteiger partial charge is 0.349 e. The van der Waals surface area contributed by atoms with E-state index >= 15 is 0 Å². The van der Waals surface area contributed by atoms with Crippen molar-refractivity contribution in [2.24, 2.45) is 0 Å². The number of benzene rings is 2. The SMILES string of the molecule is Cc1cc(C(=O)NC2CCN(Cc3ccccc3)CC2)c2cccc(C)c2n1. The lowest BCUT2D eigenvalue weighted by Gasteiger charge is -2.32. The van der Waals surface area contributed by atoms with Crippen LogP contribution in [0.15, 0.2) is 54.6 Å². The van der Waals surface area contributed by atoms with Crippen LogP contribution in [0.5, 0.6) is 0 Å². The fraction of sp³-hybridized carbons (Fsp3) is 0.333. The molecule has 2 heterocycles. The first-order valence-corrected chi connectivity index (χ1v) is 10.0. The number of nitrogens with one attached hydrogen (secondary N) is 1. The average molecular weight is 374 g/mol. The van der Waals surface area contributed by atoms with Gasteiger partial charge in [-0.3, -0.25) is 14.7 Å². The molecule has 1 N–H and O–H groups in total. The van der Waals surface area contributed by atoms with E-state index < -0.39 is 0 Å². The Morgan fingerprint density at radius 2 is 1.82 bits per heavy atom. The molecule has 0 bridgehead atoms. The molecular formula is C24H27N3O. The number of piperidine rings is 1. The first kappa shape index (κ1) is 18.6. The highest BCUT2D eigenvalue weighted by Gasteiger charge is 2.22. The molecule has 3 aromatic rings. The van der Waals surface area contributed by atoms with Crippen LogP contribution in [0.2, 0.25) is 0 Å². The van der Waals surface area contributed by atoms with E-state index in [4.69, 9.17) is 0 Å². The molecule has 144 valence electrons. The summed E-state index contributed by atoms with van der Waals surface area (Å²) < 4.78 is 0. The van der Waals surface area contributed by atoms with E-state index in [2.05, 4.69) is 45.5 Å². The molecule has 2 aromatic carbocycles. The lowest BCUT2D eigenvalue weighted by Crippen LogP contribution is -2.44. The Kier molecular flexibility index (Phi) is 5.40. The van der Waals surface area contributed by atoms with Crippen molar-refractivity contribution in [1.82, 2.24) is 15.2 Å². The molecule has 0 aliphatic carbocycles. The van der Waals surface area contributed by atoms with Crippen molar-refractivity contribution in [3.8, 4) is 0 Å². The second-order valence-corrected chi connectivity index (χ2v) is 7.79. The summed E-state index contributed by atoms with van der Waals surface area (Å²) in [6, 6.07) is 18.7. The number of hydrogen-bond donors (Lipinski definition) is 1. The molecule has 1 fully saturated rings. The molecule has 1 aliphatic rings. The third-order valence-electron chi connectivity index (χ3n) is 5.59. The Morgan fingerprint density at radius 3 is 2.57 bits per heavy atom. The molecule has 1 saturated heterocycles. The third kappa shape index (κ3) is 4.07. The summed E-state index contributed by atoms with van der Waals surface area (Å²) in [6.45, 7) is 6.99. The summed E-state index contributed by atoms with van der Waals surface area (Å²) in [5.41, 5.74) is 4.98. The fourth-order valence-electron chi connectivity index (χ4n) is 4.05. The molecular weight excluding hydrogens is 346 g/mol. The number of carbonyl (C=O) groups excluding carboxylic acids is 1. The van der Waals surface area contributed by atoms with E-state index in [1.165, 1.54) is 5.56 Å². The number of carbonyl (C=O) groups is 1. The number of rotatable bonds is 4. The lowest BCUT2D eigenvalue weighted by molar-refractivity contribution is 0.0910. The van der Waals surface area contributed by atoms with Gasteiger partial charge >= 0.3 is 0 Å². The minimum atomic E-state index is 0.0163. The van der Waals surface area contributed by atoms with Crippen LogP contribution < -0.4 is 5.32 Å². The molecule has 4 nitrogen and oxygen atoms in total. The van der Waals surface area contributed by atoms with Gasteiger partial charge < -0.3 is 5.32 Å². The van der Waals surface area contributed by atoms with Gasteiger partial charge in [-0.1, -0.05) is 48.5 Å². The Morgan fingerprint density at radius 1 is 1.07 bits per heavy atom. The summed E-state index contributed by atoms with van der Waals surface area (Å²) in [5.74, 6) is 0.0163.